The molecule has 7 heteroatoms. The molecule has 1 aromatic carbocycles. The third-order valence-electron chi connectivity index (χ3n) is 3.97. The molecule has 0 saturated carbocycles. The van der Waals surface area contributed by atoms with Crippen LogP contribution in [0.1, 0.15) is 39.0 Å². The summed E-state index contributed by atoms with van der Waals surface area (Å²) in [5.74, 6) is 0.721. The van der Waals surface area contributed by atoms with Gasteiger partial charge in [-0.05, 0) is 49.1 Å². The second-order valence-corrected chi connectivity index (χ2v) is 6.90. The summed E-state index contributed by atoms with van der Waals surface area (Å²) < 4.78 is 10.4. The van der Waals surface area contributed by atoms with Crippen molar-refractivity contribution < 1.29 is 19.1 Å². The number of hydrazine groups is 1. The van der Waals surface area contributed by atoms with Gasteiger partial charge in [-0.2, -0.15) is 0 Å². The lowest BCUT2D eigenvalue weighted by Crippen LogP contribution is -2.41. The number of carbonyl (C=O) groups is 2. The predicted molar refractivity (Wildman–Crippen MR) is 102 cm³/mol. The highest BCUT2D eigenvalue weighted by Gasteiger charge is 2.13. The van der Waals surface area contributed by atoms with Crippen LogP contribution in [0.5, 0.6) is 11.5 Å². The van der Waals surface area contributed by atoms with Crippen LogP contribution in [0.4, 0.5) is 0 Å². The number of rotatable bonds is 7. The van der Waals surface area contributed by atoms with Crippen LogP contribution in [0.15, 0.2) is 24.3 Å². The van der Waals surface area contributed by atoms with Crippen LogP contribution < -0.4 is 20.3 Å². The van der Waals surface area contributed by atoms with Gasteiger partial charge in [0.2, 0.25) is 5.91 Å². The lowest BCUT2D eigenvalue weighted by molar-refractivity contribution is -0.121. The molecule has 26 heavy (non-hydrogen) atoms. The second kappa shape index (κ2) is 9.24. The Kier molecular flexibility index (Phi) is 7.03. The van der Waals surface area contributed by atoms with E-state index in [4.69, 9.17) is 9.47 Å². The minimum atomic E-state index is -0.294. The molecule has 2 aromatic rings. The van der Waals surface area contributed by atoms with Gasteiger partial charge in [-0.3, -0.25) is 20.4 Å². The molecule has 0 atom stereocenters. The quantitative estimate of drug-likeness (QED) is 0.728. The summed E-state index contributed by atoms with van der Waals surface area (Å²) in [6.45, 7) is 4.03. The van der Waals surface area contributed by atoms with Gasteiger partial charge in [-0.15, -0.1) is 11.3 Å². The van der Waals surface area contributed by atoms with Crippen molar-refractivity contribution in [2.75, 3.05) is 14.2 Å². The Morgan fingerprint density at radius 3 is 2.42 bits per heavy atom. The first-order valence-electron chi connectivity index (χ1n) is 8.37. The molecular weight excluding hydrogens is 352 g/mol. The van der Waals surface area contributed by atoms with Crippen molar-refractivity contribution in [3.05, 3.63) is 45.1 Å². The molecule has 0 radical (unpaired) electrons. The van der Waals surface area contributed by atoms with Gasteiger partial charge >= 0.3 is 0 Å². The first-order chi connectivity index (χ1) is 12.5. The zero-order valence-electron chi connectivity index (χ0n) is 15.5. The van der Waals surface area contributed by atoms with Crippen molar-refractivity contribution in [3.8, 4) is 11.5 Å². The Morgan fingerprint density at radius 1 is 1.08 bits per heavy atom. The number of amides is 2. The van der Waals surface area contributed by atoms with Crippen molar-refractivity contribution in [1.29, 1.82) is 0 Å². The summed E-state index contributed by atoms with van der Waals surface area (Å²) >= 11 is 1.45. The number of hydrogen-bond acceptors (Lipinski definition) is 5. The summed E-state index contributed by atoms with van der Waals surface area (Å²) in [4.78, 5) is 25.9. The Balaban J connectivity index is 1.84. The van der Waals surface area contributed by atoms with Gasteiger partial charge in [0, 0.05) is 11.3 Å². The van der Waals surface area contributed by atoms with E-state index in [1.54, 1.807) is 20.3 Å². The Labute approximate surface area is 157 Å². The Hall–Kier alpha value is -2.54. The van der Waals surface area contributed by atoms with E-state index >= 15 is 0 Å². The Morgan fingerprint density at radius 2 is 1.81 bits per heavy atom. The van der Waals surface area contributed by atoms with Crippen LogP contribution in [-0.4, -0.2) is 26.0 Å². The summed E-state index contributed by atoms with van der Waals surface area (Å²) in [5.41, 5.74) is 6.98. The lowest BCUT2D eigenvalue weighted by Gasteiger charge is -2.10. The molecule has 0 aliphatic heterocycles. The van der Waals surface area contributed by atoms with Crippen molar-refractivity contribution in [3.63, 3.8) is 0 Å². The smallest absolute Gasteiger partial charge is 0.279 e. The van der Waals surface area contributed by atoms with E-state index in [2.05, 4.69) is 17.8 Å². The normalized spacial score (nSPS) is 10.3. The maximum Gasteiger partial charge on any atom is 0.279 e. The third kappa shape index (κ3) is 4.98. The highest BCUT2D eigenvalue weighted by atomic mass is 32.1. The molecule has 0 unspecified atom stereocenters. The van der Waals surface area contributed by atoms with Gasteiger partial charge in [0.1, 0.15) is 0 Å². The molecule has 0 aliphatic rings. The molecular formula is C19H24N2O4S. The minimum absolute atomic E-state index is 0.249. The highest BCUT2D eigenvalue weighted by Crippen LogP contribution is 2.28. The van der Waals surface area contributed by atoms with Crippen LogP contribution in [-0.2, 0) is 17.6 Å². The summed E-state index contributed by atoms with van der Waals surface area (Å²) in [6.07, 6.45) is 1.67. The summed E-state index contributed by atoms with van der Waals surface area (Å²) in [5, 5.41) is 0. The van der Waals surface area contributed by atoms with E-state index in [1.165, 1.54) is 16.2 Å². The van der Waals surface area contributed by atoms with E-state index in [-0.39, 0.29) is 18.2 Å². The van der Waals surface area contributed by atoms with Crippen molar-refractivity contribution in [1.82, 2.24) is 10.9 Å². The second-order valence-electron chi connectivity index (χ2n) is 5.76. The maximum atomic E-state index is 12.1. The van der Waals surface area contributed by atoms with E-state index < -0.39 is 0 Å². The molecule has 0 saturated heterocycles. The molecule has 2 rings (SSSR count). The van der Waals surface area contributed by atoms with Crippen LogP contribution in [0, 0.1) is 6.92 Å². The first kappa shape index (κ1) is 19.8. The zero-order valence-corrected chi connectivity index (χ0v) is 16.3. The van der Waals surface area contributed by atoms with Gasteiger partial charge < -0.3 is 9.47 Å². The molecule has 2 amide bonds. The number of methoxy groups -OCH3 is 2. The average molecular weight is 376 g/mol. The fraction of sp³-hybridized carbons (Fsp3) is 0.368. The molecule has 0 spiro atoms. The predicted octanol–water partition coefficient (Wildman–Crippen LogP) is 3.03. The molecule has 1 heterocycles. The molecule has 2 N–H and O–H groups in total. The SMILES string of the molecule is CCc1sc(C(=O)NNC(=O)CCc2ccc(OC)c(OC)c2)cc1C. The molecule has 1 aromatic heterocycles. The monoisotopic (exact) mass is 376 g/mol. The van der Waals surface area contributed by atoms with E-state index in [9.17, 15) is 9.59 Å². The number of thiophene rings is 1. The molecule has 6 nitrogen and oxygen atoms in total. The minimum Gasteiger partial charge on any atom is -0.493 e. The fourth-order valence-electron chi connectivity index (χ4n) is 2.53. The van der Waals surface area contributed by atoms with Gasteiger partial charge in [0.15, 0.2) is 11.5 Å². The number of ether oxygens (including phenoxy) is 2. The maximum absolute atomic E-state index is 12.1. The summed E-state index contributed by atoms with van der Waals surface area (Å²) in [6, 6.07) is 7.37. The number of hydrogen-bond donors (Lipinski definition) is 2. The van der Waals surface area contributed by atoms with Crippen molar-refractivity contribution in [2.24, 2.45) is 0 Å². The average Bonchev–Trinajstić information content (AvgIpc) is 3.04. The van der Waals surface area contributed by atoms with Gasteiger partial charge in [0.25, 0.3) is 5.91 Å². The Bertz CT molecular complexity index is 786. The van der Waals surface area contributed by atoms with Crippen LogP contribution >= 0.6 is 11.3 Å². The molecule has 0 fully saturated rings. The largest absolute Gasteiger partial charge is 0.493 e. The van der Waals surface area contributed by atoms with Crippen LogP contribution in [0.25, 0.3) is 0 Å². The zero-order chi connectivity index (χ0) is 19.1. The van der Waals surface area contributed by atoms with Crippen molar-refractivity contribution >= 4 is 23.2 Å². The van der Waals surface area contributed by atoms with Gasteiger partial charge in [0.05, 0.1) is 19.1 Å². The number of aryl methyl sites for hydroxylation is 3. The van der Waals surface area contributed by atoms with Crippen LogP contribution in [0.3, 0.4) is 0 Å². The van der Waals surface area contributed by atoms with Crippen LogP contribution in [0.2, 0.25) is 0 Å². The number of nitrogens with one attached hydrogen (secondary N) is 2. The van der Waals surface area contributed by atoms with Gasteiger partial charge in [-0.1, -0.05) is 13.0 Å². The summed E-state index contributed by atoms with van der Waals surface area (Å²) in [7, 11) is 3.15. The molecule has 0 bridgehead atoms. The van der Waals surface area contributed by atoms with Crippen molar-refractivity contribution in [2.45, 2.75) is 33.1 Å². The highest BCUT2D eigenvalue weighted by molar-refractivity contribution is 7.14. The van der Waals surface area contributed by atoms with Gasteiger partial charge in [-0.25, -0.2) is 0 Å². The van der Waals surface area contributed by atoms with E-state index in [0.717, 1.165) is 17.5 Å². The fourth-order valence-corrected chi connectivity index (χ4v) is 3.54. The first-order valence-corrected chi connectivity index (χ1v) is 9.19. The molecule has 140 valence electrons. The number of benzene rings is 1. The topological polar surface area (TPSA) is 76.7 Å². The molecule has 0 aliphatic carbocycles. The van der Waals surface area contributed by atoms with E-state index in [0.29, 0.717) is 22.8 Å². The standard InChI is InChI=1S/C19H24N2O4S/c1-5-16-12(2)10-17(26-16)19(23)21-20-18(22)9-7-13-6-8-14(24-3)15(11-13)25-4/h6,8,10-11H,5,7,9H2,1-4H3,(H,20,22)(H,21,23). The third-order valence-corrected chi connectivity index (χ3v) is 5.35. The lowest BCUT2D eigenvalue weighted by atomic mass is 10.1. The number of carbonyl (C=O) groups excluding carboxylic acids is 2. The van der Waals surface area contributed by atoms with E-state index in [1.807, 2.05) is 25.1 Å².